The third-order valence-electron chi connectivity index (χ3n) is 2.65. The van der Waals surface area contributed by atoms with Crippen molar-refractivity contribution in [1.82, 2.24) is 4.98 Å². The van der Waals surface area contributed by atoms with Gasteiger partial charge in [-0.3, -0.25) is 0 Å². The molecule has 0 radical (unpaired) electrons. The summed E-state index contributed by atoms with van der Waals surface area (Å²) in [7, 11) is 0. The van der Waals surface area contributed by atoms with Crippen molar-refractivity contribution in [2.24, 2.45) is 5.73 Å². The Morgan fingerprint density at radius 3 is 2.93 bits per heavy atom. The maximum Gasteiger partial charge on any atom is 0.124 e. The van der Waals surface area contributed by atoms with Crippen molar-refractivity contribution in [3.63, 3.8) is 0 Å². The maximum absolute atomic E-state index is 5.76. The van der Waals surface area contributed by atoms with Gasteiger partial charge in [-0.25, -0.2) is 4.98 Å². The van der Waals surface area contributed by atoms with Gasteiger partial charge in [-0.15, -0.1) is 11.3 Å². The second-order valence-corrected chi connectivity index (χ2v) is 5.68. The van der Waals surface area contributed by atoms with Gasteiger partial charge in [0.15, 0.2) is 0 Å². The van der Waals surface area contributed by atoms with Gasteiger partial charge in [0.1, 0.15) is 5.01 Å². The SMILES string of the molecule is NCc1sc(-c2ccsc2)nc1C1CC1. The normalized spacial score (nSPS) is 15.8. The molecule has 1 aliphatic rings. The first-order valence-corrected chi connectivity index (χ1v) is 6.86. The molecule has 0 saturated heterocycles. The highest BCUT2D eigenvalue weighted by Gasteiger charge is 2.29. The van der Waals surface area contributed by atoms with Crippen LogP contribution in [0.25, 0.3) is 10.6 Å². The zero-order valence-electron chi connectivity index (χ0n) is 8.27. The maximum atomic E-state index is 5.76. The van der Waals surface area contributed by atoms with E-state index in [0.29, 0.717) is 12.5 Å². The smallest absolute Gasteiger partial charge is 0.124 e. The van der Waals surface area contributed by atoms with Crippen LogP contribution < -0.4 is 5.73 Å². The van der Waals surface area contributed by atoms with Crippen LogP contribution in [-0.4, -0.2) is 4.98 Å². The highest BCUT2D eigenvalue weighted by Crippen LogP contribution is 2.44. The number of hydrogen-bond donors (Lipinski definition) is 1. The number of hydrogen-bond acceptors (Lipinski definition) is 4. The van der Waals surface area contributed by atoms with Crippen molar-refractivity contribution in [2.75, 3.05) is 0 Å². The molecule has 0 amide bonds. The third-order valence-corrected chi connectivity index (χ3v) is 4.47. The molecule has 2 aromatic rings. The lowest BCUT2D eigenvalue weighted by Gasteiger charge is -1.93. The van der Waals surface area contributed by atoms with Gasteiger partial charge in [-0.1, -0.05) is 0 Å². The first kappa shape index (κ1) is 9.51. The van der Waals surface area contributed by atoms with E-state index in [1.165, 1.54) is 29.0 Å². The molecule has 2 nitrogen and oxygen atoms in total. The molecule has 1 fully saturated rings. The van der Waals surface area contributed by atoms with Gasteiger partial charge < -0.3 is 5.73 Å². The van der Waals surface area contributed by atoms with Crippen molar-refractivity contribution in [1.29, 1.82) is 0 Å². The molecule has 3 rings (SSSR count). The summed E-state index contributed by atoms with van der Waals surface area (Å²) in [6, 6.07) is 2.13. The quantitative estimate of drug-likeness (QED) is 0.888. The van der Waals surface area contributed by atoms with Crippen molar-refractivity contribution in [3.05, 3.63) is 27.4 Å². The summed E-state index contributed by atoms with van der Waals surface area (Å²) >= 11 is 3.47. The molecule has 2 N–H and O–H groups in total. The van der Waals surface area contributed by atoms with Crippen LogP contribution in [0.3, 0.4) is 0 Å². The molecule has 78 valence electrons. The van der Waals surface area contributed by atoms with Crippen LogP contribution in [0.4, 0.5) is 0 Å². The Morgan fingerprint density at radius 2 is 2.33 bits per heavy atom. The second-order valence-electron chi connectivity index (χ2n) is 3.82. The largest absolute Gasteiger partial charge is 0.326 e. The molecule has 2 heterocycles. The molecule has 0 aromatic carbocycles. The number of aromatic nitrogens is 1. The number of nitrogens with two attached hydrogens (primary N) is 1. The van der Waals surface area contributed by atoms with Crippen molar-refractivity contribution < 1.29 is 0 Å². The highest BCUT2D eigenvalue weighted by molar-refractivity contribution is 7.15. The fourth-order valence-electron chi connectivity index (χ4n) is 1.70. The molecule has 4 heteroatoms. The second kappa shape index (κ2) is 3.70. The van der Waals surface area contributed by atoms with Crippen LogP contribution in [-0.2, 0) is 6.54 Å². The lowest BCUT2D eigenvalue weighted by atomic mass is 10.2. The van der Waals surface area contributed by atoms with Crippen LogP contribution in [0, 0.1) is 0 Å². The van der Waals surface area contributed by atoms with Crippen LogP contribution in [0.15, 0.2) is 16.8 Å². The Labute approximate surface area is 96.8 Å². The van der Waals surface area contributed by atoms with Gasteiger partial charge in [0.2, 0.25) is 0 Å². The standard InChI is InChI=1S/C11H12N2S2/c12-5-9-10(7-1-2-7)13-11(15-9)8-3-4-14-6-8/h3-4,6-7H,1-2,5,12H2. The molecule has 0 bridgehead atoms. The minimum atomic E-state index is 0.633. The molecular weight excluding hydrogens is 224 g/mol. The summed E-state index contributed by atoms with van der Waals surface area (Å²) < 4.78 is 0. The van der Waals surface area contributed by atoms with Gasteiger partial charge in [-0.2, -0.15) is 11.3 Å². The van der Waals surface area contributed by atoms with Crippen LogP contribution in [0.2, 0.25) is 0 Å². The molecule has 0 unspecified atom stereocenters. The first-order valence-electron chi connectivity index (χ1n) is 5.10. The summed E-state index contributed by atoms with van der Waals surface area (Å²) in [5.41, 5.74) is 8.27. The van der Waals surface area contributed by atoms with Crippen LogP contribution in [0.5, 0.6) is 0 Å². The lowest BCUT2D eigenvalue weighted by molar-refractivity contribution is 0.980. The zero-order chi connectivity index (χ0) is 10.3. The third kappa shape index (κ3) is 1.73. The zero-order valence-corrected chi connectivity index (χ0v) is 9.90. The van der Waals surface area contributed by atoms with Gasteiger partial charge in [0.05, 0.1) is 5.69 Å². The molecule has 1 saturated carbocycles. The summed E-state index contributed by atoms with van der Waals surface area (Å²) in [6.07, 6.45) is 2.58. The number of thiazole rings is 1. The van der Waals surface area contributed by atoms with E-state index >= 15 is 0 Å². The van der Waals surface area contributed by atoms with Gasteiger partial charge in [0.25, 0.3) is 0 Å². The lowest BCUT2D eigenvalue weighted by Crippen LogP contribution is -1.96. The summed E-state index contributed by atoms with van der Waals surface area (Å²) in [4.78, 5) is 6.01. The Kier molecular flexibility index (Phi) is 2.35. The molecule has 0 aliphatic heterocycles. The van der Waals surface area contributed by atoms with E-state index in [-0.39, 0.29) is 0 Å². The Bertz CT molecular complexity index is 455. The van der Waals surface area contributed by atoms with Crippen molar-refractivity contribution in [2.45, 2.75) is 25.3 Å². The monoisotopic (exact) mass is 236 g/mol. The topological polar surface area (TPSA) is 38.9 Å². The molecule has 1 aliphatic carbocycles. The average Bonchev–Trinajstić information content (AvgIpc) is 2.83. The average molecular weight is 236 g/mol. The van der Waals surface area contributed by atoms with Crippen LogP contribution >= 0.6 is 22.7 Å². The highest BCUT2D eigenvalue weighted by atomic mass is 32.1. The molecule has 0 spiro atoms. The molecule has 0 atom stereocenters. The summed E-state index contributed by atoms with van der Waals surface area (Å²) in [6.45, 7) is 0.633. The van der Waals surface area contributed by atoms with Crippen molar-refractivity contribution >= 4 is 22.7 Å². The van der Waals surface area contributed by atoms with Gasteiger partial charge in [0, 0.05) is 28.3 Å². The van der Waals surface area contributed by atoms with Crippen LogP contribution in [0.1, 0.15) is 29.3 Å². The Hall–Kier alpha value is -0.710. The van der Waals surface area contributed by atoms with E-state index in [1.54, 1.807) is 22.7 Å². The Morgan fingerprint density at radius 1 is 1.47 bits per heavy atom. The van der Waals surface area contributed by atoms with Gasteiger partial charge in [-0.05, 0) is 24.3 Å². The van der Waals surface area contributed by atoms with Gasteiger partial charge >= 0.3 is 0 Å². The van der Waals surface area contributed by atoms with Crippen molar-refractivity contribution in [3.8, 4) is 10.6 Å². The minimum absolute atomic E-state index is 0.633. The molecule has 2 aromatic heterocycles. The van der Waals surface area contributed by atoms with E-state index in [0.717, 1.165) is 5.01 Å². The number of rotatable bonds is 3. The number of thiophene rings is 1. The van der Waals surface area contributed by atoms with E-state index < -0.39 is 0 Å². The predicted octanol–water partition coefficient (Wildman–Crippen LogP) is 3.21. The Balaban J connectivity index is 2.03. The summed E-state index contributed by atoms with van der Waals surface area (Å²) in [5.74, 6) is 0.701. The summed E-state index contributed by atoms with van der Waals surface area (Å²) in [5, 5.41) is 5.38. The molecule has 15 heavy (non-hydrogen) atoms. The van der Waals surface area contributed by atoms with E-state index in [1.807, 2.05) is 0 Å². The number of nitrogens with zero attached hydrogens (tertiary/aromatic N) is 1. The van der Waals surface area contributed by atoms with E-state index in [2.05, 4.69) is 16.8 Å². The predicted molar refractivity (Wildman–Crippen MR) is 65.3 cm³/mol. The first-order chi connectivity index (χ1) is 7.38. The van der Waals surface area contributed by atoms with E-state index in [4.69, 9.17) is 10.7 Å². The fraction of sp³-hybridized carbons (Fsp3) is 0.364. The molecular formula is C11H12N2S2. The minimum Gasteiger partial charge on any atom is -0.326 e. The fourth-order valence-corrected chi connectivity index (χ4v) is 3.43. The van der Waals surface area contributed by atoms with E-state index in [9.17, 15) is 0 Å².